The summed E-state index contributed by atoms with van der Waals surface area (Å²) in [6, 6.07) is 5.86. The van der Waals surface area contributed by atoms with Gasteiger partial charge in [0, 0.05) is 0 Å². The number of benzene rings is 1. The summed E-state index contributed by atoms with van der Waals surface area (Å²) in [7, 11) is 1.43. The minimum absolute atomic E-state index is 0.245. The van der Waals surface area contributed by atoms with Crippen molar-refractivity contribution in [1.29, 1.82) is 0 Å². The van der Waals surface area contributed by atoms with Crippen molar-refractivity contribution in [2.24, 2.45) is 0 Å². The molecule has 0 saturated heterocycles. The van der Waals surface area contributed by atoms with Crippen LogP contribution in [-0.4, -0.2) is 13.1 Å². The number of unbranched alkanes of at least 4 members (excludes halogenated alkanes) is 2. The predicted octanol–water partition coefficient (Wildman–Crippen LogP) is 4.46. The Balaban J connectivity index is 2.54. The lowest BCUT2D eigenvalue weighted by Crippen LogP contribution is -2.05. The number of hydrogen-bond donors (Lipinski definition) is 0. The lowest BCUT2D eigenvalue weighted by atomic mass is 9.98. The number of carbonyl (C=O) groups is 1. The third kappa shape index (κ3) is 4.90. The molecule has 0 saturated carbocycles. The molecule has 0 aliphatic carbocycles. The number of hydrogen-bond acceptors (Lipinski definition) is 2. The number of ether oxygens (including phenoxy) is 1. The van der Waals surface area contributed by atoms with Gasteiger partial charge in [-0.3, -0.25) is 0 Å². The van der Waals surface area contributed by atoms with Gasteiger partial charge < -0.3 is 4.74 Å². The van der Waals surface area contributed by atoms with Crippen LogP contribution in [0.5, 0.6) is 0 Å². The Labute approximate surface area is 116 Å². The van der Waals surface area contributed by atoms with Crippen LogP contribution in [-0.2, 0) is 11.2 Å². The summed E-state index contributed by atoms with van der Waals surface area (Å²) in [6.45, 7) is 4.15. The van der Waals surface area contributed by atoms with E-state index in [2.05, 4.69) is 25.1 Å². The third-order valence-electron chi connectivity index (χ3n) is 3.32. The number of aryl methyl sites for hydroxylation is 1. The van der Waals surface area contributed by atoms with Crippen LogP contribution in [0.1, 0.15) is 54.1 Å². The second-order valence-electron chi connectivity index (χ2n) is 4.71. The average molecular weight is 260 g/mol. The zero-order valence-corrected chi connectivity index (χ0v) is 12.2. The highest BCUT2D eigenvalue weighted by Gasteiger charge is 2.11. The average Bonchev–Trinajstić information content (AvgIpc) is 2.43. The van der Waals surface area contributed by atoms with E-state index in [1.54, 1.807) is 0 Å². The molecular formula is C17H24O2. The number of carbonyl (C=O) groups excluding carboxylic acids is 1. The van der Waals surface area contributed by atoms with Crippen molar-refractivity contribution in [3.8, 4) is 0 Å². The second-order valence-corrected chi connectivity index (χ2v) is 4.71. The largest absolute Gasteiger partial charge is 0.465 e. The summed E-state index contributed by atoms with van der Waals surface area (Å²) in [6.07, 6.45) is 10.1. The highest BCUT2D eigenvalue weighted by Crippen LogP contribution is 2.17. The lowest BCUT2D eigenvalue weighted by Gasteiger charge is -2.09. The maximum atomic E-state index is 11.6. The Morgan fingerprint density at radius 1 is 1.26 bits per heavy atom. The van der Waals surface area contributed by atoms with Gasteiger partial charge in [0.2, 0.25) is 0 Å². The van der Waals surface area contributed by atoms with Crippen molar-refractivity contribution < 1.29 is 9.53 Å². The Hall–Kier alpha value is -1.57. The fraction of sp³-hybridized carbons (Fsp3) is 0.471. The maximum Gasteiger partial charge on any atom is 0.338 e. The first-order valence-electron chi connectivity index (χ1n) is 7.02. The number of rotatable bonds is 7. The molecule has 2 nitrogen and oxygen atoms in total. The van der Waals surface area contributed by atoms with Gasteiger partial charge in [0.15, 0.2) is 0 Å². The highest BCUT2D eigenvalue weighted by molar-refractivity contribution is 5.91. The molecule has 0 aliphatic rings. The molecule has 19 heavy (non-hydrogen) atoms. The van der Waals surface area contributed by atoms with Crippen molar-refractivity contribution in [2.45, 2.75) is 46.0 Å². The van der Waals surface area contributed by atoms with Gasteiger partial charge in [0.1, 0.15) is 0 Å². The number of methoxy groups -OCH3 is 1. The van der Waals surface area contributed by atoms with Gasteiger partial charge in [0.25, 0.3) is 0 Å². The van der Waals surface area contributed by atoms with Gasteiger partial charge in [-0.25, -0.2) is 4.79 Å². The van der Waals surface area contributed by atoms with Crippen molar-refractivity contribution in [3.05, 3.63) is 47.0 Å². The summed E-state index contributed by atoms with van der Waals surface area (Å²) in [5, 5.41) is 0. The number of esters is 1. The van der Waals surface area contributed by atoms with E-state index in [-0.39, 0.29) is 5.97 Å². The fourth-order valence-corrected chi connectivity index (χ4v) is 2.15. The fourth-order valence-electron chi connectivity index (χ4n) is 2.15. The molecule has 0 N–H and O–H groups in total. The second kappa shape index (κ2) is 8.52. The van der Waals surface area contributed by atoms with Crippen molar-refractivity contribution >= 4 is 5.97 Å². The summed E-state index contributed by atoms with van der Waals surface area (Å²) >= 11 is 0. The smallest absolute Gasteiger partial charge is 0.338 e. The summed E-state index contributed by atoms with van der Waals surface area (Å²) in [5.41, 5.74) is 2.99. The van der Waals surface area contributed by atoms with Crippen LogP contribution in [0.25, 0.3) is 0 Å². The van der Waals surface area contributed by atoms with E-state index in [0.717, 1.165) is 31.2 Å². The normalized spacial score (nSPS) is 10.9. The lowest BCUT2D eigenvalue weighted by molar-refractivity contribution is 0.0600. The molecule has 0 amide bonds. The minimum atomic E-state index is -0.245. The number of allylic oxidation sites excluding steroid dienone is 2. The van der Waals surface area contributed by atoms with Crippen molar-refractivity contribution in [1.82, 2.24) is 0 Å². The van der Waals surface area contributed by atoms with E-state index < -0.39 is 0 Å². The molecule has 0 bridgehead atoms. The van der Waals surface area contributed by atoms with E-state index >= 15 is 0 Å². The first-order chi connectivity index (χ1) is 9.20. The van der Waals surface area contributed by atoms with Gasteiger partial charge in [0.05, 0.1) is 12.7 Å². The van der Waals surface area contributed by atoms with Gasteiger partial charge in [-0.15, -0.1) is 0 Å². The van der Waals surface area contributed by atoms with E-state index in [4.69, 9.17) is 4.74 Å². The molecule has 0 fully saturated rings. The standard InChI is InChI=1S/C17H24O2/c1-4-5-6-7-8-9-11-15-12-10-13-16(14(15)2)17(18)19-3/h5-6,10,12-13H,4,7-9,11H2,1-3H3. The van der Waals surface area contributed by atoms with Crippen LogP contribution in [0.3, 0.4) is 0 Å². The monoisotopic (exact) mass is 260 g/mol. The van der Waals surface area contributed by atoms with Gasteiger partial charge in [-0.1, -0.05) is 31.2 Å². The molecule has 0 spiro atoms. The zero-order chi connectivity index (χ0) is 14.1. The predicted molar refractivity (Wildman–Crippen MR) is 79.5 cm³/mol. The van der Waals surface area contributed by atoms with E-state index in [1.807, 2.05) is 19.1 Å². The summed E-state index contributed by atoms with van der Waals surface area (Å²) in [5.74, 6) is -0.245. The van der Waals surface area contributed by atoms with Crippen LogP contribution < -0.4 is 0 Å². The highest BCUT2D eigenvalue weighted by atomic mass is 16.5. The van der Waals surface area contributed by atoms with Crippen molar-refractivity contribution in [3.63, 3.8) is 0 Å². The van der Waals surface area contributed by atoms with Gasteiger partial charge >= 0.3 is 5.97 Å². The van der Waals surface area contributed by atoms with Gasteiger partial charge in [-0.05, 0) is 56.2 Å². The zero-order valence-electron chi connectivity index (χ0n) is 12.2. The first-order valence-corrected chi connectivity index (χ1v) is 7.02. The maximum absolute atomic E-state index is 11.6. The Morgan fingerprint density at radius 3 is 2.74 bits per heavy atom. The van der Waals surface area contributed by atoms with Crippen LogP contribution in [0.2, 0.25) is 0 Å². The first kappa shape index (κ1) is 15.5. The molecule has 0 radical (unpaired) electrons. The van der Waals surface area contributed by atoms with Crippen LogP contribution >= 0.6 is 0 Å². The summed E-state index contributed by atoms with van der Waals surface area (Å²) < 4.78 is 4.79. The summed E-state index contributed by atoms with van der Waals surface area (Å²) in [4.78, 5) is 11.6. The molecule has 1 aromatic carbocycles. The Kier molecular flexibility index (Phi) is 6.94. The molecule has 0 unspecified atom stereocenters. The Bertz CT molecular complexity index is 433. The molecule has 0 atom stereocenters. The van der Waals surface area contributed by atoms with Crippen LogP contribution in [0, 0.1) is 6.92 Å². The SMILES string of the molecule is CCC=CCCCCc1cccc(C(=O)OC)c1C. The topological polar surface area (TPSA) is 26.3 Å². The molecule has 0 aromatic heterocycles. The van der Waals surface area contributed by atoms with E-state index in [9.17, 15) is 4.79 Å². The Morgan fingerprint density at radius 2 is 2.05 bits per heavy atom. The molecule has 1 rings (SSSR count). The molecule has 0 heterocycles. The molecule has 0 aliphatic heterocycles. The molecule has 1 aromatic rings. The van der Waals surface area contributed by atoms with Crippen LogP contribution in [0.4, 0.5) is 0 Å². The molecular weight excluding hydrogens is 236 g/mol. The third-order valence-corrected chi connectivity index (χ3v) is 3.32. The van der Waals surface area contributed by atoms with Crippen LogP contribution in [0.15, 0.2) is 30.4 Å². The van der Waals surface area contributed by atoms with E-state index in [1.165, 1.54) is 19.1 Å². The van der Waals surface area contributed by atoms with Gasteiger partial charge in [-0.2, -0.15) is 0 Å². The van der Waals surface area contributed by atoms with Crippen molar-refractivity contribution in [2.75, 3.05) is 7.11 Å². The molecule has 104 valence electrons. The quantitative estimate of drug-likeness (QED) is 0.411. The minimum Gasteiger partial charge on any atom is -0.465 e. The van der Waals surface area contributed by atoms with E-state index in [0.29, 0.717) is 5.56 Å². The molecule has 2 heteroatoms.